The molecular formula is C16H15NO3. The first-order valence-electron chi connectivity index (χ1n) is 6.21. The van der Waals surface area contributed by atoms with Crippen molar-refractivity contribution >= 4 is 17.5 Å². The van der Waals surface area contributed by atoms with Crippen molar-refractivity contribution in [3.8, 4) is 5.75 Å². The molecule has 0 unspecified atom stereocenters. The summed E-state index contributed by atoms with van der Waals surface area (Å²) < 4.78 is 5.45. The molecule has 0 bridgehead atoms. The molecule has 0 fully saturated rings. The Hall–Kier alpha value is -2.62. The molecule has 0 saturated carbocycles. The van der Waals surface area contributed by atoms with Crippen molar-refractivity contribution in [3.63, 3.8) is 0 Å². The fourth-order valence-electron chi connectivity index (χ4n) is 1.96. The van der Waals surface area contributed by atoms with E-state index in [2.05, 4.69) is 13.2 Å². The van der Waals surface area contributed by atoms with Crippen molar-refractivity contribution in [2.75, 3.05) is 11.5 Å². The van der Waals surface area contributed by atoms with Crippen LogP contribution >= 0.6 is 0 Å². The molecule has 1 heterocycles. The fraction of sp³-hybridized carbons (Fsp3) is 0.125. The Morgan fingerprint density at radius 1 is 1.10 bits per heavy atom. The van der Waals surface area contributed by atoms with Crippen LogP contribution in [0.1, 0.15) is 5.56 Å². The van der Waals surface area contributed by atoms with E-state index in [-0.39, 0.29) is 11.8 Å². The highest BCUT2D eigenvalue weighted by Gasteiger charge is 2.27. The minimum atomic E-state index is -0.346. The Kier molecular flexibility index (Phi) is 4.15. The molecular weight excluding hydrogens is 254 g/mol. The predicted octanol–water partition coefficient (Wildman–Crippen LogP) is 2.41. The highest BCUT2D eigenvalue weighted by molar-refractivity contribution is 6.28. The molecule has 2 amide bonds. The van der Waals surface area contributed by atoms with Gasteiger partial charge in [-0.2, -0.15) is 0 Å². The summed E-state index contributed by atoms with van der Waals surface area (Å²) in [5.74, 6) is -0.109. The van der Waals surface area contributed by atoms with Crippen LogP contribution in [0.2, 0.25) is 0 Å². The number of nitrogens with zero attached hydrogens (tertiary/aromatic N) is 1. The van der Waals surface area contributed by atoms with E-state index < -0.39 is 0 Å². The number of anilines is 1. The van der Waals surface area contributed by atoms with Crippen molar-refractivity contribution in [1.82, 2.24) is 0 Å². The van der Waals surface area contributed by atoms with Gasteiger partial charge in [-0.05, 0) is 18.1 Å². The van der Waals surface area contributed by atoms with E-state index in [1.54, 1.807) is 24.3 Å². The van der Waals surface area contributed by atoms with Gasteiger partial charge in [0, 0.05) is 18.2 Å². The fourth-order valence-corrected chi connectivity index (χ4v) is 1.96. The molecule has 0 radical (unpaired) electrons. The Balaban J connectivity index is 2.41. The molecule has 4 nitrogen and oxygen atoms in total. The monoisotopic (exact) mass is 269 g/mol. The van der Waals surface area contributed by atoms with E-state index in [1.165, 1.54) is 12.2 Å². The quantitative estimate of drug-likeness (QED) is 0.588. The summed E-state index contributed by atoms with van der Waals surface area (Å²) in [7, 11) is 0. The summed E-state index contributed by atoms with van der Waals surface area (Å²) in [5, 5.41) is 0. The largest absolute Gasteiger partial charge is 0.489 e. The van der Waals surface area contributed by atoms with Gasteiger partial charge in [-0.3, -0.25) is 9.59 Å². The minimum Gasteiger partial charge on any atom is -0.489 e. The summed E-state index contributed by atoms with van der Waals surface area (Å²) in [6.07, 6.45) is 6.44. The second-order valence-corrected chi connectivity index (χ2v) is 4.23. The van der Waals surface area contributed by atoms with E-state index in [0.29, 0.717) is 24.5 Å². The molecule has 0 saturated heterocycles. The Morgan fingerprint density at radius 3 is 2.40 bits per heavy atom. The third-order valence-electron chi connectivity index (χ3n) is 2.84. The second kappa shape index (κ2) is 6.02. The first-order chi connectivity index (χ1) is 9.67. The molecule has 1 aromatic rings. The number of hydrogen-bond acceptors (Lipinski definition) is 3. The van der Waals surface area contributed by atoms with Crippen molar-refractivity contribution < 1.29 is 14.3 Å². The molecule has 0 atom stereocenters. The maximum Gasteiger partial charge on any atom is 0.258 e. The maximum absolute atomic E-state index is 11.8. The zero-order valence-electron chi connectivity index (χ0n) is 11.0. The number of carbonyl (C=O) groups is 2. The number of imide groups is 1. The summed E-state index contributed by atoms with van der Waals surface area (Å²) >= 11 is 0. The molecule has 0 aliphatic carbocycles. The van der Waals surface area contributed by atoms with Crippen molar-refractivity contribution in [1.29, 1.82) is 0 Å². The third kappa shape index (κ3) is 2.69. The van der Waals surface area contributed by atoms with Crippen LogP contribution in [0.3, 0.4) is 0 Å². The molecule has 1 aliphatic heterocycles. The van der Waals surface area contributed by atoms with Gasteiger partial charge in [-0.1, -0.05) is 24.8 Å². The Bertz CT molecular complexity index is 584. The van der Waals surface area contributed by atoms with E-state index in [1.807, 2.05) is 6.07 Å². The van der Waals surface area contributed by atoms with Crippen LogP contribution in [0.15, 0.2) is 55.7 Å². The zero-order valence-corrected chi connectivity index (χ0v) is 11.0. The summed E-state index contributed by atoms with van der Waals surface area (Å²) in [5.41, 5.74) is 1.38. The zero-order chi connectivity index (χ0) is 14.5. The smallest absolute Gasteiger partial charge is 0.258 e. The number of amides is 2. The lowest BCUT2D eigenvalue weighted by atomic mass is 10.1. The van der Waals surface area contributed by atoms with Crippen LogP contribution in [0.25, 0.3) is 0 Å². The van der Waals surface area contributed by atoms with Crippen LogP contribution in [-0.4, -0.2) is 18.4 Å². The molecule has 4 heteroatoms. The average Bonchev–Trinajstić information content (AvgIpc) is 2.77. The number of benzene rings is 1. The summed E-state index contributed by atoms with van der Waals surface area (Å²) in [6.45, 7) is 7.63. The average molecular weight is 269 g/mol. The predicted molar refractivity (Wildman–Crippen MR) is 77.7 cm³/mol. The molecule has 20 heavy (non-hydrogen) atoms. The lowest BCUT2D eigenvalue weighted by Gasteiger charge is -2.18. The van der Waals surface area contributed by atoms with Crippen molar-refractivity contribution in [2.45, 2.75) is 6.42 Å². The molecule has 1 aliphatic rings. The number of allylic oxidation sites excluding steroid dienone is 1. The van der Waals surface area contributed by atoms with Gasteiger partial charge in [-0.15, -0.1) is 6.58 Å². The lowest BCUT2D eigenvalue weighted by Crippen LogP contribution is -2.30. The van der Waals surface area contributed by atoms with E-state index >= 15 is 0 Å². The van der Waals surface area contributed by atoms with Gasteiger partial charge < -0.3 is 4.74 Å². The molecule has 0 N–H and O–H groups in total. The lowest BCUT2D eigenvalue weighted by molar-refractivity contribution is -0.119. The molecule has 2 rings (SSSR count). The number of carbonyl (C=O) groups excluding carboxylic acids is 2. The summed E-state index contributed by atoms with van der Waals surface area (Å²) in [6, 6.07) is 5.31. The highest BCUT2D eigenvalue weighted by atomic mass is 16.5. The van der Waals surface area contributed by atoms with Gasteiger partial charge in [-0.25, -0.2) is 4.90 Å². The van der Waals surface area contributed by atoms with Gasteiger partial charge in [0.15, 0.2) is 0 Å². The van der Waals surface area contributed by atoms with Crippen molar-refractivity contribution in [3.05, 3.63) is 61.2 Å². The van der Waals surface area contributed by atoms with E-state index in [4.69, 9.17) is 4.74 Å². The molecule has 0 aromatic heterocycles. The number of rotatable bonds is 6. The first kappa shape index (κ1) is 13.8. The van der Waals surface area contributed by atoms with Crippen LogP contribution in [0.5, 0.6) is 5.75 Å². The van der Waals surface area contributed by atoms with Gasteiger partial charge in [0.05, 0.1) is 5.69 Å². The minimum absolute atomic E-state index is 0.346. The Morgan fingerprint density at radius 2 is 1.80 bits per heavy atom. The van der Waals surface area contributed by atoms with Gasteiger partial charge in [0.2, 0.25) is 0 Å². The maximum atomic E-state index is 11.8. The number of hydrogen-bond donors (Lipinski definition) is 0. The van der Waals surface area contributed by atoms with Gasteiger partial charge in [0.25, 0.3) is 11.8 Å². The number of ether oxygens (including phenoxy) is 1. The topological polar surface area (TPSA) is 46.6 Å². The molecule has 1 aromatic carbocycles. The second-order valence-electron chi connectivity index (χ2n) is 4.23. The summed E-state index contributed by atoms with van der Waals surface area (Å²) in [4.78, 5) is 24.7. The van der Waals surface area contributed by atoms with E-state index in [9.17, 15) is 9.59 Å². The van der Waals surface area contributed by atoms with Gasteiger partial charge in [0.1, 0.15) is 12.4 Å². The van der Waals surface area contributed by atoms with Gasteiger partial charge >= 0.3 is 0 Å². The van der Waals surface area contributed by atoms with Crippen LogP contribution in [0, 0.1) is 0 Å². The first-order valence-corrected chi connectivity index (χ1v) is 6.21. The molecule has 0 spiro atoms. The highest BCUT2D eigenvalue weighted by Crippen LogP contribution is 2.29. The van der Waals surface area contributed by atoms with Crippen molar-refractivity contribution in [2.24, 2.45) is 0 Å². The van der Waals surface area contributed by atoms with Crippen LogP contribution < -0.4 is 9.64 Å². The standard InChI is InChI=1S/C16H15NO3/c1-3-5-12-6-7-13(20-10-4-2)11-14(12)17-15(18)8-9-16(17)19/h3-4,6-9,11H,1-2,5,10H2. The Labute approximate surface area is 117 Å². The van der Waals surface area contributed by atoms with E-state index in [0.717, 1.165) is 10.5 Å². The normalized spacial score (nSPS) is 13.7. The SMILES string of the molecule is C=CCOc1ccc(CC=C)c(N2C(=O)C=CC2=O)c1. The molecule has 102 valence electrons. The van der Waals surface area contributed by atoms with Crippen LogP contribution in [-0.2, 0) is 16.0 Å². The third-order valence-corrected chi connectivity index (χ3v) is 2.84. The van der Waals surface area contributed by atoms with Crippen LogP contribution in [0.4, 0.5) is 5.69 Å².